The van der Waals surface area contributed by atoms with E-state index in [0.717, 1.165) is 11.8 Å². The summed E-state index contributed by atoms with van der Waals surface area (Å²) in [5.74, 6) is -0.486. The lowest BCUT2D eigenvalue weighted by Gasteiger charge is -2.11. The van der Waals surface area contributed by atoms with E-state index in [1.54, 1.807) is 25.1 Å². The molecule has 0 radical (unpaired) electrons. The number of carbonyl (C=O) groups is 1. The Morgan fingerprint density at radius 2 is 1.89 bits per heavy atom. The number of esters is 1. The molecule has 3 rings (SSSR count). The Kier molecular flexibility index (Phi) is 8.57. The Balaban J connectivity index is 2.18. The number of ether oxygens (including phenoxy) is 1. The molecule has 1 heterocycles. The van der Waals surface area contributed by atoms with Gasteiger partial charge in [-0.2, -0.15) is 0 Å². The standard InChI is InChI=1S/C24H25BrN4O4S2/c1-5-33-24(30)20(26)19(25)21(27-18-12-7-6-11-17(18)14(2)3)23-29-28-22(34-23)15-9-8-10-16(13-15)35(4,31)32/h6-14H,5,26H2,1-4H3. The van der Waals surface area contributed by atoms with Crippen LogP contribution in [0.25, 0.3) is 10.6 Å². The van der Waals surface area contributed by atoms with E-state index in [0.29, 0.717) is 27.0 Å². The number of nitrogens with zero attached hydrogens (tertiary/aromatic N) is 3. The van der Waals surface area contributed by atoms with Crippen LogP contribution in [0.2, 0.25) is 0 Å². The molecule has 0 amide bonds. The number of para-hydroxylation sites is 1. The molecule has 3 aromatic rings. The van der Waals surface area contributed by atoms with Crippen LogP contribution in [0.15, 0.2) is 68.6 Å². The topological polar surface area (TPSA) is 125 Å². The van der Waals surface area contributed by atoms with Crippen molar-refractivity contribution < 1.29 is 17.9 Å². The van der Waals surface area contributed by atoms with E-state index in [1.165, 1.54) is 17.4 Å². The smallest absolute Gasteiger partial charge is 0.355 e. The number of carbonyl (C=O) groups excluding carboxylic acids is 1. The Labute approximate surface area is 217 Å². The van der Waals surface area contributed by atoms with Gasteiger partial charge in [-0.05, 0) is 52.5 Å². The van der Waals surface area contributed by atoms with Crippen LogP contribution in [0.4, 0.5) is 5.69 Å². The fourth-order valence-corrected chi connectivity index (χ4v) is 5.18. The van der Waals surface area contributed by atoms with Gasteiger partial charge in [-0.25, -0.2) is 18.2 Å². The van der Waals surface area contributed by atoms with Crippen LogP contribution in [-0.2, 0) is 19.4 Å². The highest BCUT2D eigenvalue weighted by Gasteiger charge is 2.22. The van der Waals surface area contributed by atoms with Gasteiger partial charge in [0.25, 0.3) is 0 Å². The predicted molar refractivity (Wildman–Crippen MR) is 142 cm³/mol. The summed E-state index contributed by atoms with van der Waals surface area (Å²) in [6, 6.07) is 14.1. The third kappa shape index (κ3) is 6.41. The van der Waals surface area contributed by atoms with Crippen molar-refractivity contribution in [3.05, 3.63) is 69.3 Å². The molecule has 0 aliphatic rings. The number of aliphatic imine (C=N–C) groups is 1. The number of sulfone groups is 1. The average molecular weight is 578 g/mol. The highest BCUT2D eigenvalue weighted by atomic mass is 79.9. The molecule has 0 saturated carbocycles. The number of allylic oxidation sites excluding steroid dienone is 1. The first kappa shape index (κ1) is 26.7. The van der Waals surface area contributed by atoms with Gasteiger partial charge in [-0.3, -0.25) is 0 Å². The molecular weight excluding hydrogens is 552 g/mol. The molecule has 0 spiro atoms. The predicted octanol–water partition coefficient (Wildman–Crippen LogP) is 4.98. The van der Waals surface area contributed by atoms with Crippen LogP contribution < -0.4 is 5.73 Å². The van der Waals surface area contributed by atoms with Crippen LogP contribution in [0, 0.1) is 0 Å². The van der Waals surface area contributed by atoms with Crippen LogP contribution in [0.1, 0.15) is 37.3 Å². The van der Waals surface area contributed by atoms with E-state index in [2.05, 4.69) is 40.0 Å². The van der Waals surface area contributed by atoms with Gasteiger partial charge in [0.1, 0.15) is 16.4 Å². The fourth-order valence-electron chi connectivity index (χ4n) is 3.11. The van der Waals surface area contributed by atoms with Gasteiger partial charge in [0.15, 0.2) is 14.8 Å². The number of hydrogen-bond acceptors (Lipinski definition) is 9. The minimum atomic E-state index is -3.39. The largest absolute Gasteiger partial charge is 0.461 e. The second-order valence-corrected chi connectivity index (χ2v) is 11.6. The van der Waals surface area contributed by atoms with Crippen molar-refractivity contribution in [1.29, 1.82) is 0 Å². The zero-order valence-electron chi connectivity index (χ0n) is 19.6. The second-order valence-electron chi connectivity index (χ2n) is 7.83. The molecule has 0 aliphatic heterocycles. The molecule has 11 heteroatoms. The van der Waals surface area contributed by atoms with Crippen molar-refractivity contribution in [2.24, 2.45) is 10.7 Å². The van der Waals surface area contributed by atoms with Crippen LogP contribution >= 0.6 is 27.3 Å². The summed E-state index contributed by atoms with van der Waals surface area (Å²) < 4.78 is 29.2. The zero-order valence-corrected chi connectivity index (χ0v) is 22.9. The summed E-state index contributed by atoms with van der Waals surface area (Å²) in [5, 5.41) is 9.41. The number of aromatic nitrogens is 2. The quantitative estimate of drug-likeness (QED) is 0.227. The normalized spacial score (nSPS) is 13.0. The van der Waals surface area contributed by atoms with Gasteiger partial charge in [0.2, 0.25) is 0 Å². The molecule has 2 N–H and O–H groups in total. The van der Waals surface area contributed by atoms with Crippen molar-refractivity contribution in [2.45, 2.75) is 31.6 Å². The minimum Gasteiger partial charge on any atom is -0.461 e. The van der Waals surface area contributed by atoms with Gasteiger partial charge in [0, 0.05) is 11.8 Å². The van der Waals surface area contributed by atoms with Gasteiger partial charge in [-0.15, -0.1) is 10.2 Å². The van der Waals surface area contributed by atoms with Crippen molar-refractivity contribution in [2.75, 3.05) is 12.9 Å². The zero-order chi connectivity index (χ0) is 25.8. The maximum Gasteiger partial charge on any atom is 0.355 e. The molecular formula is C24H25BrN4O4S2. The lowest BCUT2D eigenvalue weighted by atomic mass is 10.0. The first-order chi connectivity index (χ1) is 16.5. The molecule has 1 aromatic heterocycles. The highest BCUT2D eigenvalue weighted by molar-refractivity contribution is 9.12. The third-order valence-electron chi connectivity index (χ3n) is 4.87. The van der Waals surface area contributed by atoms with E-state index in [1.807, 2.05) is 24.3 Å². The van der Waals surface area contributed by atoms with Gasteiger partial charge < -0.3 is 10.5 Å². The Bertz CT molecular complexity index is 1410. The number of halogens is 1. The van der Waals surface area contributed by atoms with Crippen molar-refractivity contribution in [3.63, 3.8) is 0 Å². The molecule has 0 atom stereocenters. The molecule has 0 fully saturated rings. The second kappa shape index (κ2) is 11.2. The molecule has 0 saturated heterocycles. The summed E-state index contributed by atoms with van der Waals surface area (Å²) in [6.45, 7) is 5.98. The summed E-state index contributed by atoms with van der Waals surface area (Å²) in [4.78, 5) is 17.3. The summed E-state index contributed by atoms with van der Waals surface area (Å²) >= 11 is 4.62. The first-order valence-corrected chi connectivity index (χ1v) is 14.2. The van der Waals surface area contributed by atoms with Gasteiger partial charge >= 0.3 is 5.97 Å². The molecule has 0 aliphatic carbocycles. The van der Waals surface area contributed by atoms with E-state index >= 15 is 0 Å². The van der Waals surface area contributed by atoms with Crippen LogP contribution in [0.5, 0.6) is 0 Å². The van der Waals surface area contributed by atoms with Crippen molar-refractivity contribution in [3.8, 4) is 10.6 Å². The fraction of sp³-hybridized carbons (Fsp3) is 0.250. The molecule has 0 unspecified atom stereocenters. The molecule has 2 aromatic carbocycles. The van der Waals surface area contributed by atoms with E-state index in [4.69, 9.17) is 15.5 Å². The first-order valence-electron chi connectivity index (χ1n) is 10.7. The van der Waals surface area contributed by atoms with Crippen LogP contribution in [-0.4, -0.2) is 43.2 Å². The molecule has 184 valence electrons. The summed E-state index contributed by atoms with van der Waals surface area (Å²) in [5.41, 5.74) is 8.55. The number of hydrogen-bond donors (Lipinski definition) is 1. The SMILES string of the molecule is CCOC(=O)C(N)=C(Br)C(=Nc1ccccc1C(C)C)c1nnc(-c2cccc(S(C)(=O)=O)c2)s1. The maximum atomic E-state index is 12.3. The van der Waals surface area contributed by atoms with Crippen LogP contribution in [0.3, 0.4) is 0 Å². The van der Waals surface area contributed by atoms with Crippen molar-refractivity contribution >= 4 is 54.5 Å². The molecule has 8 nitrogen and oxygen atoms in total. The maximum absolute atomic E-state index is 12.3. The average Bonchev–Trinajstić information content (AvgIpc) is 3.31. The monoisotopic (exact) mass is 576 g/mol. The van der Waals surface area contributed by atoms with Gasteiger partial charge in [0.05, 0.1) is 21.7 Å². The van der Waals surface area contributed by atoms with E-state index in [-0.39, 0.29) is 27.6 Å². The van der Waals surface area contributed by atoms with E-state index in [9.17, 15) is 13.2 Å². The Hall–Kier alpha value is -2.89. The molecule has 0 bridgehead atoms. The number of benzene rings is 2. The lowest BCUT2D eigenvalue weighted by Crippen LogP contribution is -2.19. The molecule has 35 heavy (non-hydrogen) atoms. The lowest BCUT2D eigenvalue weighted by molar-refractivity contribution is -0.138. The summed E-state index contributed by atoms with van der Waals surface area (Å²) in [6.07, 6.45) is 1.15. The number of rotatable bonds is 8. The minimum absolute atomic E-state index is 0.150. The third-order valence-corrected chi connectivity index (χ3v) is 7.76. The van der Waals surface area contributed by atoms with E-state index < -0.39 is 15.8 Å². The van der Waals surface area contributed by atoms with Crippen molar-refractivity contribution in [1.82, 2.24) is 10.2 Å². The van der Waals surface area contributed by atoms with Gasteiger partial charge in [-0.1, -0.05) is 55.5 Å². The Morgan fingerprint density at radius 3 is 2.54 bits per heavy atom. The number of nitrogens with two attached hydrogens (primary N) is 1. The summed E-state index contributed by atoms with van der Waals surface area (Å²) in [7, 11) is -3.39. The Morgan fingerprint density at radius 1 is 1.17 bits per heavy atom. The highest BCUT2D eigenvalue weighted by Crippen LogP contribution is 2.32.